The lowest BCUT2D eigenvalue weighted by Crippen LogP contribution is -2.43. The van der Waals surface area contributed by atoms with Crippen LogP contribution in [-0.4, -0.2) is 55.2 Å². The number of nitrogens with one attached hydrogen (secondary N) is 1. The average Bonchev–Trinajstić information content (AvgIpc) is 2.56. The van der Waals surface area contributed by atoms with E-state index in [2.05, 4.69) is 17.1 Å². The molecule has 0 aromatic heterocycles. The molecule has 1 saturated heterocycles. The standard InChI is InChI=1S/C17H25FN2O2S/c1-2-23-11-6-17(21)19-13-16(20-7-9-22-10-8-20)14-4-3-5-15(18)12-14/h3-5,12,16H,2,6-11,13H2,1H3,(H,19,21)/t16-/m0/s1. The summed E-state index contributed by atoms with van der Waals surface area (Å²) in [7, 11) is 0. The van der Waals surface area contributed by atoms with Crippen molar-refractivity contribution in [3.63, 3.8) is 0 Å². The quantitative estimate of drug-likeness (QED) is 0.738. The van der Waals surface area contributed by atoms with Crippen LogP contribution in [0.25, 0.3) is 0 Å². The lowest BCUT2D eigenvalue weighted by atomic mass is 10.0. The predicted molar refractivity (Wildman–Crippen MR) is 92.2 cm³/mol. The van der Waals surface area contributed by atoms with Crippen LogP contribution in [-0.2, 0) is 9.53 Å². The van der Waals surface area contributed by atoms with Crippen molar-refractivity contribution >= 4 is 17.7 Å². The Kier molecular flexibility index (Phi) is 7.85. The lowest BCUT2D eigenvalue weighted by molar-refractivity contribution is -0.121. The normalized spacial score (nSPS) is 17.0. The second-order valence-corrected chi connectivity index (χ2v) is 6.86. The molecule has 1 heterocycles. The Bertz CT molecular complexity index is 495. The zero-order valence-corrected chi connectivity index (χ0v) is 14.4. The van der Waals surface area contributed by atoms with Crippen LogP contribution in [0.15, 0.2) is 24.3 Å². The summed E-state index contributed by atoms with van der Waals surface area (Å²) >= 11 is 1.76. The molecule has 0 unspecified atom stereocenters. The van der Waals surface area contributed by atoms with Crippen LogP contribution < -0.4 is 5.32 Å². The highest BCUT2D eigenvalue weighted by atomic mass is 32.2. The summed E-state index contributed by atoms with van der Waals surface area (Å²) in [5.41, 5.74) is 0.898. The molecule has 0 saturated carbocycles. The fourth-order valence-corrected chi connectivity index (χ4v) is 3.29. The van der Waals surface area contributed by atoms with Crippen molar-refractivity contribution in [3.8, 4) is 0 Å². The van der Waals surface area contributed by atoms with Crippen LogP contribution in [0.2, 0.25) is 0 Å². The van der Waals surface area contributed by atoms with E-state index in [1.807, 2.05) is 6.07 Å². The number of hydrogen-bond donors (Lipinski definition) is 1. The fraction of sp³-hybridized carbons (Fsp3) is 0.588. The smallest absolute Gasteiger partial charge is 0.220 e. The summed E-state index contributed by atoms with van der Waals surface area (Å²) in [5.74, 6) is 1.67. The van der Waals surface area contributed by atoms with Crippen LogP contribution in [0.4, 0.5) is 4.39 Å². The van der Waals surface area contributed by atoms with Crippen molar-refractivity contribution in [2.75, 3.05) is 44.4 Å². The molecule has 1 aromatic rings. The third-order valence-corrected chi connectivity index (χ3v) is 4.79. The summed E-state index contributed by atoms with van der Waals surface area (Å²) < 4.78 is 19.0. The van der Waals surface area contributed by atoms with E-state index in [-0.39, 0.29) is 17.8 Å². The Balaban J connectivity index is 1.97. The first-order valence-electron chi connectivity index (χ1n) is 8.12. The number of amides is 1. The third-order valence-electron chi connectivity index (χ3n) is 3.89. The van der Waals surface area contributed by atoms with Gasteiger partial charge in [0.2, 0.25) is 5.91 Å². The van der Waals surface area contributed by atoms with Gasteiger partial charge in [-0.15, -0.1) is 0 Å². The number of thioether (sulfide) groups is 1. The van der Waals surface area contributed by atoms with Crippen molar-refractivity contribution in [2.45, 2.75) is 19.4 Å². The summed E-state index contributed by atoms with van der Waals surface area (Å²) in [4.78, 5) is 14.2. The van der Waals surface area contributed by atoms with Crippen LogP contribution in [0, 0.1) is 5.82 Å². The summed E-state index contributed by atoms with van der Waals surface area (Å²) in [6, 6.07) is 6.62. The van der Waals surface area contributed by atoms with E-state index in [0.717, 1.165) is 30.2 Å². The van der Waals surface area contributed by atoms with Crippen molar-refractivity contribution < 1.29 is 13.9 Å². The van der Waals surface area contributed by atoms with E-state index in [0.29, 0.717) is 26.2 Å². The molecule has 6 heteroatoms. The number of halogens is 1. The second-order valence-electron chi connectivity index (χ2n) is 5.47. The van der Waals surface area contributed by atoms with Crippen LogP contribution in [0.3, 0.4) is 0 Å². The molecule has 1 atom stereocenters. The van der Waals surface area contributed by atoms with Gasteiger partial charge in [0.05, 0.1) is 19.3 Å². The number of ether oxygens (including phenoxy) is 1. The lowest BCUT2D eigenvalue weighted by Gasteiger charge is -2.35. The monoisotopic (exact) mass is 340 g/mol. The van der Waals surface area contributed by atoms with Crippen molar-refractivity contribution in [1.29, 1.82) is 0 Å². The van der Waals surface area contributed by atoms with Gasteiger partial charge in [-0.1, -0.05) is 19.1 Å². The van der Waals surface area contributed by atoms with Gasteiger partial charge in [-0.3, -0.25) is 9.69 Å². The molecular weight excluding hydrogens is 315 g/mol. The topological polar surface area (TPSA) is 41.6 Å². The predicted octanol–water partition coefficient (Wildman–Crippen LogP) is 2.46. The van der Waals surface area contributed by atoms with Gasteiger partial charge in [0, 0.05) is 31.8 Å². The molecule has 0 bridgehead atoms. The van der Waals surface area contributed by atoms with E-state index in [1.54, 1.807) is 23.9 Å². The maximum absolute atomic E-state index is 13.6. The molecule has 1 amide bonds. The number of carbonyl (C=O) groups excluding carboxylic acids is 1. The maximum Gasteiger partial charge on any atom is 0.220 e. The van der Waals surface area contributed by atoms with Gasteiger partial charge in [0.25, 0.3) is 0 Å². The minimum absolute atomic E-state index is 0.0163. The van der Waals surface area contributed by atoms with Gasteiger partial charge < -0.3 is 10.1 Å². The molecule has 23 heavy (non-hydrogen) atoms. The Hall–Kier alpha value is -1.11. The highest BCUT2D eigenvalue weighted by Crippen LogP contribution is 2.22. The molecule has 1 fully saturated rings. The molecule has 0 aliphatic carbocycles. The van der Waals surface area contributed by atoms with E-state index in [1.165, 1.54) is 6.07 Å². The average molecular weight is 340 g/mol. The summed E-state index contributed by atoms with van der Waals surface area (Å²) in [6.07, 6.45) is 0.525. The van der Waals surface area contributed by atoms with Gasteiger partial charge in [-0.2, -0.15) is 11.8 Å². The number of morpholine rings is 1. The molecule has 4 nitrogen and oxygen atoms in total. The highest BCUT2D eigenvalue weighted by Gasteiger charge is 2.23. The molecule has 0 radical (unpaired) electrons. The zero-order chi connectivity index (χ0) is 16.5. The Morgan fingerprint density at radius 3 is 2.91 bits per heavy atom. The van der Waals surface area contributed by atoms with Crippen molar-refractivity contribution in [2.24, 2.45) is 0 Å². The maximum atomic E-state index is 13.6. The largest absolute Gasteiger partial charge is 0.379 e. The van der Waals surface area contributed by atoms with Crippen LogP contribution >= 0.6 is 11.8 Å². The van der Waals surface area contributed by atoms with Crippen LogP contribution in [0.5, 0.6) is 0 Å². The summed E-state index contributed by atoms with van der Waals surface area (Å²) in [5, 5.41) is 3.00. The molecule has 1 aliphatic heterocycles. The van der Waals surface area contributed by atoms with E-state index in [9.17, 15) is 9.18 Å². The van der Waals surface area contributed by atoms with Gasteiger partial charge in [0.1, 0.15) is 5.82 Å². The molecule has 1 aliphatic rings. The zero-order valence-electron chi connectivity index (χ0n) is 13.6. The third kappa shape index (κ3) is 6.12. The number of rotatable bonds is 8. The Morgan fingerprint density at radius 2 is 2.22 bits per heavy atom. The molecule has 1 N–H and O–H groups in total. The highest BCUT2D eigenvalue weighted by molar-refractivity contribution is 7.99. The molecular formula is C17H25FN2O2S. The molecule has 0 spiro atoms. The number of benzene rings is 1. The minimum Gasteiger partial charge on any atom is -0.379 e. The fourth-order valence-electron chi connectivity index (χ4n) is 2.67. The molecule has 128 valence electrons. The van der Waals surface area contributed by atoms with Gasteiger partial charge in [-0.05, 0) is 23.4 Å². The van der Waals surface area contributed by atoms with Gasteiger partial charge in [-0.25, -0.2) is 4.39 Å². The SMILES string of the molecule is CCSCCC(=O)NC[C@@H](c1cccc(F)c1)N1CCOCC1. The van der Waals surface area contributed by atoms with Crippen molar-refractivity contribution in [1.82, 2.24) is 10.2 Å². The van der Waals surface area contributed by atoms with Crippen LogP contribution in [0.1, 0.15) is 24.9 Å². The van der Waals surface area contributed by atoms with E-state index < -0.39 is 0 Å². The Labute approximate surface area is 141 Å². The van der Waals surface area contributed by atoms with Gasteiger partial charge in [0.15, 0.2) is 0 Å². The van der Waals surface area contributed by atoms with E-state index >= 15 is 0 Å². The van der Waals surface area contributed by atoms with Crippen molar-refractivity contribution in [3.05, 3.63) is 35.6 Å². The molecule has 2 rings (SSSR count). The first-order valence-corrected chi connectivity index (χ1v) is 9.28. The first kappa shape index (κ1) is 18.2. The minimum atomic E-state index is -0.244. The number of carbonyl (C=O) groups is 1. The molecule has 1 aromatic carbocycles. The Morgan fingerprint density at radius 1 is 1.43 bits per heavy atom. The van der Waals surface area contributed by atoms with Gasteiger partial charge >= 0.3 is 0 Å². The first-order chi connectivity index (χ1) is 11.2. The number of hydrogen-bond acceptors (Lipinski definition) is 4. The number of nitrogens with zero attached hydrogens (tertiary/aromatic N) is 1. The second kappa shape index (κ2) is 9.90. The summed E-state index contributed by atoms with van der Waals surface area (Å²) in [6.45, 7) is 5.52. The van der Waals surface area contributed by atoms with E-state index in [4.69, 9.17) is 4.74 Å².